The monoisotopic (exact) mass is 289 g/mol. The van der Waals surface area contributed by atoms with E-state index in [4.69, 9.17) is 15.6 Å². The maximum Gasteiger partial charge on any atom is 0.0676 e. The van der Waals surface area contributed by atoms with Crippen molar-refractivity contribution in [1.29, 1.82) is 0 Å². The molecule has 1 aromatic heterocycles. The van der Waals surface area contributed by atoms with E-state index < -0.39 is 0 Å². The maximum absolute atomic E-state index is 6.19. The summed E-state index contributed by atoms with van der Waals surface area (Å²) in [7, 11) is 0. The van der Waals surface area contributed by atoms with E-state index in [1.165, 1.54) is 44.2 Å². The van der Waals surface area contributed by atoms with Gasteiger partial charge in [-0.05, 0) is 44.1 Å². The SMILES string of the molecule is NCC1(Cc2ccn(C3CCCC3)n2)CCOC1C1CC1. The van der Waals surface area contributed by atoms with Crippen LogP contribution in [0.1, 0.15) is 56.7 Å². The molecule has 0 spiro atoms. The lowest BCUT2D eigenvalue weighted by Gasteiger charge is -2.32. The van der Waals surface area contributed by atoms with Crippen molar-refractivity contribution in [3.63, 3.8) is 0 Å². The fourth-order valence-electron chi connectivity index (χ4n) is 4.43. The van der Waals surface area contributed by atoms with Crippen molar-refractivity contribution in [2.24, 2.45) is 17.1 Å². The molecule has 2 atom stereocenters. The summed E-state index contributed by atoms with van der Waals surface area (Å²) in [5.41, 5.74) is 7.53. The molecule has 2 aliphatic carbocycles. The number of nitrogens with two attached hydrogens (primary N) is 1. The standard InChI is InChI=1S/C17H27N3O/c18-12-17(8-10-21-16(17)13-5-6-13)11-14-7-9-20(19-14)15-3-1-2-4-15/h7,9,13,15-16H,1-6,8,10-12,18H2. The van der Waals surface area contributed by atoms with Gasteiger partial charge in [0.1, 0.15) is 0 Å². The first-order valence-corrected chi connectivity index (χ1v) is 8.66. The highest BCUT2D eigenvalue weighted by Gasteiger charge is 2.50. The van der Waals surface area contributed by atoms with Gasteiger partial charge in [0.15, 0.2) is 0 Å². The van der Waals surface area contributed by atoms with Crippen molar-refractivity contribution in [1.82, 2.24) is 9.78 Å². The molecule has 0 aromatic carbocycles. The molecule has 2 unspecified atom stereocenters. The van der Waals surface area contributed by atoms with Crippen LogP contribution >= 0.6 is 0 Å². The summed E-state index contributed by atoms with van der Waals surface area (Å²) >= 11 is 0. The third-order valence-electron chi connectivity index (χ3n) is 5.85. The quantitative estimate of drug-likeness (QED) is 0.906. The van der Waals surface area contributed by atoms with Crippen LogP contribution in [-0.4, -0.2) is 29.0 Å². The van der Waals surface area contributed by atoms with Crippen molar-refractivity contribution >= 4 is 0 Å². The first kappa shape index (κ1) is 13.8. The van der Waals surface area contributed by atoms with Gasteiger partial charge in [0.2, 0.25) is 0 Å². The molecule has 3 fully saturated rings. The molecule has 0 radical (unpaired) electrons. The zero-order chi connectivity index (χ0) is 14.3. The van der Waals surface area contributed by atoms with Gasteiger partial charge in [-0.25, -0.2) is 0 Å². The Morgan fingerprint density at radius 3 is 2.81 bits per heavy atom. The zero-order valence-corrected chi connectivity index (χ0v) is 12.8. The van der Waals surface area contributed by atoms with E-state index in [9.17, 15) is 0 Å². The second-order valence-electron chi connectivity index (χ2n) is 7.35. The maximum atomic E-state index is 6.19. The molecular formula is C17H27N3O. The van der Waals surface area contributed by atoms with E-state index in [-0.39, 0.29) is 5.41 Å². The molecule has 2 N–H and O–H groups in total. The van der Waals surface area contributed by atoms with Gasteiger partial charge in [0.25, 0.3) is 0 Å². The minimum absolute atomic E-state index is 0.135. The van der Waals surface area contributed by atoms with Gasteiger partial charge < -0.3 is 10.5 Å². The molecule has 21 heavy (non-hydrogen) atoms. The summed E-state index contributed by atoms with van der Waals surface area (Å²) in [4.78, 5) is 0. The van der Waals surface area contributed by atoms with Gasteiger partial charge in [-0.2, -0.15) is 5.10 Å². The smallest absolute Gasteiger partial charge is 0.0676 e. The lowest BCUT2D eigenvalue weighted by Crippen LogP contribution is -2.41. The molecule has 0 bridgehead atoms. The van der Waals surface area contributed by atoms with Crippen LogP contribution in [0, 0.1) is 11.3 Å². The third kappa shape index (κ3) is 2.53. The predicted octanol–water partition coefficient (Wildman–Crippen LogP) is 2.68. The Balaban J connectivity index is 1.50. The lowest BCUT2D eigenvalue weighted by molar-refractivity contribution is 0.0340. The molecule has 2 saturated carbocycles. The molecule has 3 aliphatic rings. The Hall–Kier alpha value is -0.870. The number of rotatable bonds is 5. The zero-order valence-electron chi connectivity index (χ0n) is 12.8. The van der Waals surface area contributed by atoms with Gasteiger partial charge >= 0.3 is 0 Å². The van der Waals surface area contributed by atoms with Gasteiger partial charge in [0, 0.05) is 31.2 Å². The molecule has 4 heteroatoms. The molecule has 1 aliphatic heterocycles. The summed E-state index contributed by atoms with van der Waals surface area (Å²) in [6, 6.07) is 2.84. The average molecular weight is 289 g/mol. The number of nitrogens with zero attached hydrogens (tertiary/aromatic N) is 2. The molecule has 1 aromatic rings. The van der Waals surface area contributed by atoms with Crippen LogP contribution in [-0.2, 0) is 11.2 Å². The Morgan fingerprint density at radius 2 is 2.10 bits per heavy atom. The van der Waals surface area contributed by atoms with E-state index in [2.05, 4.69) is 16.9 Å². The topological polar surface area (TPSA) is 53.1 Å². The van der Waals surface area contributed by atoms with E-state index in [0.29, 0.717) is 12.1 Å². The Kier molecular flexibility index (Phi) is 3.54. The number of ether oxygens (including phenoxy) is 1. The van der Waals surface area contributed by atoms with Crippen molar-refractivity contribution in [2.45, 2.75) is 63.5 Å². The second kappa shape index (κ2) is 5.40. The highest BCUT2D eigenvalue weighted by atomic mass is 16.5. The molecule has 4 rings (SSSR count). The first-order chi connectivity index (χ1) is 10.3. The van der Waals surface area contributed by atoms with Crippen molar-refractivity contribution < 1.29 is 4.74 Å². The van der Waals surface area contributed by atoms with Crippen molar-refractivity contribution in [3.8, 4) is 0 Å². The van der Waals surface area contributed by atoms with Crippen LogP contribution in [0.2, 0.25) is 0 Å². The Labute approximate surface area is 127 Å². The van der Waals surface area contributed by atoms with Gasteiger partial charge in [-0.1, -0.05) is 12.8 Å². The van der Waals surface area contributed by atoms with Gasteiger partial charge in [0.05, 0.1) is 17.8 Å². The largest absolute Gasteiger partial charge is 0.377 e. The molecule has 116 valence electrons. The predicted molar refractivity (Wildman–Crippen MR) is 82.0 cm³/mol. The first-order valence-electron chi connectivity index (χ1n) is 8.66. The third-order valence-corrected chi connectivity index (χ3v) is 5.85. The van der Waals surface area contributed by atoms with E-state index >= 15 is 0 Å². The highest BCUT2D eigenvalue weighted by molar-refractivity contribution is 5.10. The van der Waals surface area contributed by atoms with Crippen LogP contribution in [0.25, 0.3) is 0 Å². The van der Waals surface area contributed by atoms with E-state index in [1.807, 2.05) is 0 Å². The Morgan fingerprint density at radius 1 is 1.29 bits per heavy atom. The number of hydrogen-bond donors (Lipinski definition) is 1. The minimum Gasteiger partial charge on any atom is -0.377 e. The van der Waals surface area contributed by atoms with Crippen LogP contribution in [0.15, 0.2) is 12.3 Å². The van der Waals surface area contributed by atoms with E-state index in [1.54, 1.807) is 0 Å². The molecular weight excluding hydrogens is 262 g/mol. The van der Waals surface area contributed by atoms with Crippen molar-refractivity contribution in [3.05, 3.63) is 18.0 Å². The molecule has 2 heterocycles. The van der Waals surface area contributed by atoms with Crippen LogP contribution in [0.3, 0.4) is 0 Å². The molecule has 0 amide bonds. The summed E-state index contributed by atoms with van der Waals surface area (Å²) in [6.07, 6.45) is 12.6. The fourth-order valence-corrected chi connectivity index (χ4v) is 4.43. The van der Waals surface area contributed by atoms with Crippen LogP contribution in [0.4, 0.5) is 0 Å². The Bertz CT molecular complexity index is 490. The summed E-state index contributed by atoms with van der Waals surface area (Å²) in [5.74, 6) is 0.757. The summed E-state index contributed by atoms with van der Waals surface area (Å²) in [6.45, 7) is 1.60. The summed E-state index contributed by atoms with van der Waals surface area (Å²) in [5, 5.41) is 4.87. The van der Waals surface area contributed by atoms with Crippen LogP contribution < -0.4 is 5.73 Å². The fraction of sp³-hybridized carbons (Fsp3) is 0.824. The van der Waals surface area contributed by atoms with Gasteiger partial charge in [-0.3, -0.25) is 4.68 Å². The normalized spacial score (nSPS) is 33.9. The molecule has 1 saturated heterocycles. The number of aromatic nitrogens is 2. The molecule has 4 nitrogen and oxygen atoms in total. The van der Waals surface area contributed by atoms with Gasteiger partial charge in [-0.15, -0.1) is 0 Å². The van der Waals surface area contributed by atoms with Crippen LogP contribution in [0.5, 0.6) is 0 Å². The van der Waals surface area contributed by atoms with E-state index in [0.717, 1.165) is 31.9 Å². The minimum atomic E-state index is 0.135. The average Bonchev–Trinajstić information content (AvgIpc) is 2.96. The lowest BCUT2D eigenvalue weighted by atomic mass is 9.75. The highest BCUT2D eigenvalue weighted by Crippen LogP contribution is 2.48. The van der Waals surface area contributed by atoms with Crippen molar-refractivity contribution in [2.75, 3.05) is 13.2 Å². The summed E-state index contributed by atoms with van der Waals surface area (Å²) < 4.78 is 8.25. The number of hydrogen-bond acceptors (Lipinski definition) is 3. The second-order valence-corrected chi connectivity index (χ2v) is 7.35.